The fourth-order valence-corrected chi connectivity index (χ4v) is 3.25. The van der Waals surface area contributed by atoms with Gasteiger partial charge in [0, 0.05) is 11.4 Å². The molecule has 0 heterocycles. The number of amides is 3. The van der Waals surface area contributed by atoms with Gasteiger partial charge in [0.15, 0.2) is 6.61 Å². The van der Waals surface area contributed by atoms with E-state index in [1.165, 1.54) is 11.8 Å². The minimum atomic E-state index is -0.913. The maximum Gasteiger partial charge on any atom is 0.329 e. The van der Waals surface area contributed by atoms with Crippen LogP contribution in [0, 0.1) is 6.92 Å². The van der Waals surface area contributed by atoms with Crippen molar-refractivity contribution in [2.75, 3.05) is 17.2 Å². The van der Waals surface area contributed by atoms with Gasteiger partial charge in [-0.25, -0.2) is 5.43 Å². The summed E-state index contributed by atoms with van der Waals surface area (Å²) in [5, 5.41) is 9.29. The SMILES string of the molecule is CCc1ccc(NC(=O)COc2ccc(/C=N\NC(=O)C(=O)Nc3cccc(C)c3)cc2Cl)cc1. The summed E-state index contributed by atoms with van der Waals surface area (Å²) < 4.78 is 5.50. The zero-order chi connectivity index (χ0) is 25.2. The normalized spacial score (nSPS) is 10.6. The van der Waals surface area contributed by atoms with Crippen molar-refractivity contribution in [2.45, 2.75) is 20.3 Å². The third-order valence-corrected chi connectivity index (χ3v) is 5.12. The third kappa shape index (κ3) is 7.97. The number of hydrogen-bond donors (Lipinski definition) is 3. The Balaban J connectivity index is 1.47. The molecule has 0 aliphatic heterocycles. The Labute approximate surface area is 208 Å². The topological polar surface area (TPSA) is 109 Å². The Morgan fingerprint density at radius 1 is 0.943 bits per heavy atom. The van der Waals surface area contributed by atoms with Crippen molar-refractivity contribution in [3.63, 3.8) is 0 Å². The molecule has 0 saturated carbocycles. The molecule has 0 bridgehead atoms. The van der Waals surface area contributed by atoms with Gasteiger partial charge < -0.3 is 15.4 Å². The van der Waals surface area contributed by atoms with Gasteiger partial charge in [-0.3, -0.25) is 14.4 Å². The largest absolute Gasteiger partial charge is 0.482 e. The Kier molecular flexibility index (Phi) is 8.97. The predicted octanol–water partition coefficient (Wildman–Crippen LogP) is 4.32. The van der Waals surface area contributed by atoms with Gasteiger partial charge in [0.1, 0.15) is 5.75 Å². The third-order valence-electron chi connectivity index (χ3n) is 4.82. The van der Waals surface area contributed by atoms with E-state index in [4.69, 9.17) is 16.3 Å². The lowest BCUT2D eigenvalue weighted by Crippen LogP contribution is -2.32. The first-order valence-electron chi connectivity index (χ1n) is 10.9. The van der Waals surface area contributed by atoms with Crippen LogP contribution in [0.4, 0.5) is 11.4 Å². The molecular weight excluding hydrogens is 468 g/mol. The molecule has 0 radical (unpaired) electrons. The summed E-state index contributed by atoms with van der Waals surface area (Å²) in [5.74, 6) is -1.75. The van der Waals surface area contributed by atoms with Crippen LogP contribution in [-0.4, -0.2) is 30.5 Å². The first-order valence-corrected chi connectivity index (χ1v) is 11.2. The summed E-state index contributed by atoms with van der Waals surface area (Å²) in [6.45, 7) is 3.72. The van der Waals surface area contributed by atoms with Gasteiger partial charge >= 0.3 is 11.8 Å². The van der Waals surface area contributed by atoms with E-state index in [0.717, 1.165) is 12.0 Å². The van der Waals surface area contributed by atoms with Crippen molar-refractivity contribution in [1.82, 2.24) is 5.43 Å². The molecule has 3 N–H and O–H groups in total. The van der Waals surface area contributed by atoms with E-state index in [0.29, 0.717) is 22.7 Å². The summed E-state index contributed by atoms with van der Waals surface area (Å²) in [7, 11) is 0. The van der Waals surface area contributed by atoms with Crippen LogP contribution in [0.3, 0.4) is 0 Å². The number of hydrogen-bond acceptors (Lipinski definition) is 5. The molecule has 0 saturated heterocycles. The number of benzene rings is 3. The first-order chi connectivity index (χ1) is 16.8. The monoisotopic (exact) mass is 492 g/mol. The standard InChI is InChI=1S/C26H25ClN4O4/c1-3-18-7-10-20(11-8-18)29-24(32)16-35-23-12-9-19(14-22(23)27)15-28-31-26(34)25(33)30-21-6-4-5-17(2)13-21/h4-15H,3,16H2,1-2H3,(H,29,32)(H,30,33)(H,31,34)/b28-15-. The van der Waals surface area contributed by atoms with E-state index in [9.17, 15) is 14.4 Å². The molecule has 0 fully saturated rings. The van der Waals surface area contributed by atoms with Crippen LogP contribution >= 0.6 is 11.6 Å². The lowest BCUT2D eigenvalue weighted by molar-refractivity contribution is -0.136. The smallest absolute Gasteiger partial charge is 0.329 e. The minimum absolute atomic E-state index is 0.213. The molecule has 3 rings (SSSR count). The van der Waals surface area contributed by atoms with Crippen LogP contribution in [0.2, 0.25) is 5.02 Å². The average molecular weight is 493 g/mol. The van der Waals surface area contributed by atoms with Crippen LogP contribution in [0.15, 0.2) is 71.8 Å². The van der Waals surface area contributed by atoms with E-state index in [-0.39, 0.29) is 17.5 Å². The number of anilines is 2. The average Bonchev–Trinajstić information content (AvgIpc) is 2.84. The van der Waals surface area contributed by atoms with Crippen molar-refractivity contribution >= 4 is 46.9 Å². The summed E-state index contributed by atoms with van der Waals surface area (Å²) in [4.78, 5) is 36.0. The Morgan fingerprint density at radius 2 is 1.71 bits per heavy atom. The van der Waals surface area contributed by atoms with Crippen LogP contribution < -0.4 is 20.8 Å². The number of aryl methyl sites for hydroxylation is 2. The molecule has 9 heteroatoms. The Hall–Kier alpha value is -4.17. The Bertz CT molecular complexity index is 1240. The summed E-state index contributed by atoms with van der Waals surface area (Å²) in [5.41, 5.74) is 6.05. The van der Waals surface area contributed by atoms with Gasteiger partial charge in [0.2, 0.25) is 0 Å². The van der Waals surface area contributed by atoms with Crippen LogP contribution in [-0.2, 0) is 20.8 Å². The van der Waals surface area contributed by atoms with Crippen LogP contribution in [0.5, 0.6) is 5.75 Å². The number of carbonyl (C=O) groups is 3. The second kappa shape index (κ2) is 12.3. The number of halogens is 1. The van der Waals surface area contributed by atoms with Gasteiger partial charge in [-0.05, 0) is 72.5 Å². The van der Waals surface area contributed by atoms with E-state index >= 15 is 0 Å². The molecule has 0 aromatic heterocycles. The fourth-order valence-electron chi connectivity index (χ4n) is 3.01. The minimum Gasteiger partial charge on any atom is -0.482 e. The number of rotatable bonds is 8. The highest BCUT2D eigenvalue weighted by atomic mass is 35.5. The molecule has 3 amide bonds. The number of nitrogens with zero attached hydrogens (tertiary/aromatic N) is 1. The molecule has 0 aliphatic carbocycles. The fraction of sp³-hybridized carbons (Fsp3) is 0.154. The van der Waals surface area contributed by atoms with E-state index in [2.05, 4.69) is 28.1 Å². The van der Waals surface area contributed by atoms with Gasteiger partial charge in [-0.15, -0.1) is 0 Å². The molecule has 0 atom stereocenters. The van der Waals surface area contributed by atoms with Gasteiger partial charge in [-0.1, -0.05) is 42.8 Å². The maximum absolute atomic E-state index is 12.1. The number of nitrogens with one attached hydrogen (secondary N) is 3. The lowest BCUT2D eigenvalue weighted by atomic mass is 10.1. The maximum atomic E-state index is 12.1. The molecule has 3 aromatic rings. The van der Waals surface area contributed by atoms with E-state index < -0.39 is 11.8 Å². The summed E-state index contributed by atoms with van der Waals surface area (Å²) in [6, 6.07) is 19.4. The van der Waals surface area contributed by atoms with E-state index in [1.807, 2.05) is 37.3 Å². The Morgan fingerprint density at radius 3 is 2.40 bits per heavy atom. The number of hydrazone groups is 1. The van der Waals surface area contributed by atoms with Crippen molar-refractivity contribution in [2.24, 2.45) is 5.10 Å². The summed E-state index contributed by atoms with van der Waals surface area (Å²) in [6.07, 6.45) is 2.26. The zero-order valence-electron chi connectivity index (χ0n) is 19.3. The first kappa shape index (κ1) is 25.5. The van der Waals surface area contributed by atoms with Crippen molar-refractivity contribution in [1.29, 1.82) is 0 Å². The van der Waals surface area contributed by atoms with Crippen LogP contribution in [0.25, 0.3) is 0 Å². The zero-order valence-corrected chi connectivity index (χ0v) is 20.1. The second-order valence-corrected chi connectivity index (χ2v) is 8.01. The molecule has 0 spiro atoms. The van der Waals surface area contributed by atoms with Crippen molar-refractivity contribution < 1.29 is 19.1 Å². The van der Waals surface area contributed by atoms with Crippen molar-refractivity contribution in [3.05, 3.63) is 88.4 Å². The van der Waals surface area contributed by atoms with Crippen LogP contribution in [0.1, 0.15) is 23.6 Å². The highest BCUT2D eigenvalue weighted by Gasteiger charge is 2.13. The molecule has 180 valence electrons. The molecule has 35 heavy (non-hydrogen) atoms. The molecule has 0 unspecified atom stereocenters. The summed E-state index contributed by atoms with van der Waals surface area (Å²) >= 11 is 6.23. The van der Waals surface area contributed by atoms with Gasteiger partial charge in [-0.2, -0.15) is 5.10 Å². The van der Waals surface area contributed by atoms with E-state index in [1.54, 1.807) is 36.4 Å². The highest BCUT2D eigenvalue weighted by molar-refractivity contribution is 6.39. The lowest BCUT2D eigenvalue weighted by Gasteiger charge is -2.09. The van der Waals surface area contributed by atoms with Crippen molar-refractivity contribution in [3.8, 4) is 5.75 Å². The highest BCUT2D eigenvalue weighted by Crippen LogP contribution is 2.25. The predicted molar refractivity (Wildman–Crippen MR) is 137 cm³/mol. The number of ether oxygens (including phenoxy) is 1. The molecular formula is C26H25ClN4O4. The quantitative estimate of drug-likeness (QED) is 0.247. The second-order valence-electron chi connectivity index (χ2n) is 7.60. The van der Waals surface area contributed by atoms with Gasteiger partial charge in [0.25, 0.3) is 5.91 Å². The van der Waals surface area contributed by atoms with Gasteiger partial charge in [0.05, 0.1) is 11.2 Å². The number of carbonyl (C=O) groups excluding carboxylic acids is 3. The molecule has 0 aliphatic rings. The molecule has 3 aromatic carbocycles. The molecule has 8 nitrogen and oxygen atoms in total.